The van der Waals surface area contributed by atoms with Gasteiger partial charge in [0.25, 0.3) is 0 Å². The molecule has 0 saturated carbocycles. The number of nitrogens with zero attached hydrogens (tertiary/aromatic N) is 1. The maximum Gasteiger partial charge on any atom is 0.168 e. The fourth-order valence-electron chi connectivity index (χ4n) is 1.63. The molecule has 0 saturated heterocycles. The zero-order valence-corrected chi connectivity index (χ0v) is 10.8. The molecule has 4 heteroatoms. The van der Waals surface area contributed by atoms with Gasteiger partial charge < -0.3 is 15.2 Å². The minimum Gasteiger partial charge on any atom is -0.490 e. The topological polar surface area (TPSA) is 54.4 Å². The summed E-state index contributed by atoms with van der Waals surface area (Å²) < 4.78 is 5.60. The van der Waals surface area contributed by atoms with Crippen molar-refractivity contribution in [2.24, 2.45) is 0 Å². The van der Waals surface area contributed by atoms with Gasteiger partial charge in [-0.25, -0.2) is 4.98 Å². The van der Waals surface area contributed by atoms with Crippen LogP contribution >= 0.6 is 0 Å². The van der Waals surface area contributed by atoms with Crippen molar-refractivity contribution < 1.29 is 9.84 Å². The van der Waals surface area contributed by atoms with Gasteiger partial charge >= 0.3 is 0 Å². The number of aromatic nitrogens is 1. The molecule has 0 aliphatic carbocycles. The Hall–Kier alpha value is -1.29. The van der Waals surface area contributed by atoms with Crippen LogP contribution in [-0.4, -0.2) is 28.8 Å². The summed E-state index contributed by atoms with van der Waals surface area (Å²) in [4.78, 5) is 4.26. The fourth-order valence-corrected chi connectivity index (χ4v) is 1.63. The van der Waals surface area contributed by atoms with Gasteiger partial charge in [-0.05, 0) is 38.8 Å². The minimum absolute atomic E-state index is 0.161. The van der Waals surface area contributed by atoms with Gasteiger partial charge in [0.05, 0.1) is 12.7 Å². The maximum atomic E-state index is 9.32. The molecule has 0 radical (unpaired) electrons. The highest BCUT2D eigenvalue weighted by atomic mass is 16.5. The second kappa shape index (κ2) is 7.12. The van der Waals surface area contributed by atoms with Gasteiger partial charge in [-0.3, -0.25) is 0 Å². The lowest BCUT2D eigenvalue weighted by Gasteiger charge is -2.18. The number of anilines is 1. The standard InChI is InChI=1S/C13H22N2O2/c1-4-8-17-12-6-5-7-14-13(12)15-10(2)9-11(3)16/h5-7,10-11,16H,4,8-9H2,1-3H3,(H,14,15). The second-order valence-electron chi connectivity index (χ2n) is 4.33. The Balaban J connectivity index is 2.62. The molecule has 1 heterocycles. The fraction of sp³-hybridized carbons (Fsp3) is 0.615. The molecular weight excluding hydrogens is 216 g/mol. The van der Waals surface area contributed by atoms with E-state index in [9.17, 15) is 5.11 Å². The molecule has 0 fully saturated rings. The molecule has 1 aromatic rings. The average Bonchev–Trinajstić information content (AvgIpc) is 2.26. The van der Waals surface area contributed by atoms with Crippen LogP contribution in [0.3, 0.4) is 0 Å². The molecule has 0 aliphatic heterocycles. The number of hydrogen-bond acceptors (Lipinski definition) is 4. The van der Waals surface area contributed by atoms with E-state index in [1.54, 1.807) is 13.1 Å². The molecule has 0 bridgehead atoms. The maximum absolute atomic E-state index is 9.32. The molecule has 0 aliphatic rings. The van der Waals surface area contributed by atoms with Gasteiger partial charge in [0.15, 0.2) is 11.6 Å². The third-order valence-electron chi connectivity index (χ3n) is 2.31. The van der Waals surface area contributed by atoms with Gasteiger partial charge in [0.1, 0.15) is 0 Å². The Kier molecular flexibility index (Phi) is 5.77. The van der Waals surface area contributed by atoms with Crippen LogP contribution in [0.5, 0.6) is 5.75 Å². The molecule has 0 aromatic carbocycles. The highest BCUT2D eigenvalue weighted by molar-refractivity contribution is 5.50. The number of hydrogen-bond donors (Lipinski definition) is 2. The Morgan fingerprint density at radius 3 is 2.88 bits per heavy atom. The monoisotopic (exact) mass is 238 g/mol. The van der Waals surface area contributed by atoms with E-state index in [4.69, 9.17) is 4.74 Å². The zero-order valence-electron chi connectivity index (χ0n) is 10.8. The van der Waals surface area contributed by atoms with E-state index in [0.29, 0.717) is 13.0 Å². The van der Waals surface area contributed by atoms with Crippen LogP contribution in [0.2, 0.25) is 0 Å². The van der Waals surface area contributed by atoms with Crippen molar-refractivity contribution in [2.45, 2.75) is 45.8 Å². The van der Waals surface area contributed by atoms with E-state index in [-0.39, 0.29) is 12.1 Å². The zero-order chi connectivity index (χ0) is 12.7. The van der Waals surface area contributed by atoms with Crippen molar-refractivity contribution in [1.82, 2.24) is 4.98 Å². The lowest BCUT2D eigenvalue weighted by atomic mass is 10.1. The third kappa shape index (κ3) is 5.04. The molecular formula is C13H22N2O2. The van der Waals surface area contributed by atoms with Crippen molar-refractivity contribution in [3.05, 3.63) is 18.3 Å². The predicted molar refractivity (Wildman–Crippen MR) is 69.4 cm³/mol. The number of pyridine rings is 1. The summed E-state index contributed by atoms with van der Waals surface area (Å²) in [6.07, 6.45) is 3.07. The van der Waals surface area contributed by atoms with Crippen molar-refractivity contribution in [3.8, 4) is 5.75 Å². The number of rotatable bonds is 7. The van der Waals surface area contributed by atoms with Gasteiger partial charge in [-0.1, -0.05) is 6.92 Å². The summed E-state index contributed by atoms with van der Waals surface area (Å²) >= 11 is 0. The number of aliphatic hydroxyl groups is 1. The van der Waals surface area contributed by atoms with Crippen LogP contribution in [0.4, 0.5) is 5.82 Å². The largest absolute Gasteiger partial charge is 0.490 e. The molecule has 96 valence electrons. The predicted octanol–water partition coefficient (Wildman–Crippen LogP) is 2.44. The molecule has 17 heavy (non-hydrogen) atoms. The Morgan fingerprint density at radius 2 is 2.24 bits per heavy atom. The summed E-state index contributed by atoms with van der Waals surface area (Å²) in [5.41, 5.74) is 0. The molecule has 2 atom stereocenters. The molecule has 1 rings (SSSR count). The molecule has 0 amide bonds. The molecule has 2 N–H and O–H groups in total. The van der Waals surface area contributed by atoms with Gasteiger partial charge in [-0.2, -0.15) is 0 Å². The quantitative estimate of drug-likeness (QED) is 0.766. The normalized spacial score (nSPS) is 14.1. The van der Waals surface area contributed by atoms with Gasteiger partial charge in [0, 0.05) is 12.2 Å². The first kappa shape index (κ1) is 13.8. The Bertz CT molecular complexity index is 329. The molecule has 2 unspecified atom stereocenters. The number of nitrogens with one attached hydrogen (secondary N) is 1. The minimum atomic E-state index is -0.318. The summed E-state index contributed by atoms with van der Waals surface area (Å²) in [5, 5.41) is 12.6. The smallest absolute Gasteiger partial charge is 0.168 e. The summed E-state index contributed by atoms with van der Waals surface area (Å²) in [6.45, 7) is 6.56. The van der Waals surface area contributed by atoms with Gasteiger partial charge in [-0.15, -0.1) is 0 Å². The lowest BCUT2D eigenvalue weighted by Crippen LogP contribution is -2.21. The highest BCUT2D eigenvalue weighted by Crippen LogP contribution is 2.22. The van der Waals surface area contributed by atoms with Crippen LogP contribution < -0.4 is 10.1 Å². The van der Waals surface area contributed by atoms with E-state index >= 15 is 0 Å². The van der Waals surface area contributed by atoms with Crippen molar-refractivity contribution >= 4 is 5.82 Å². The van der Waals surface area contributed by atoms with E-state index in [2.05, 4.69) is 17.2 Å². The lowest BCUT2D eigenvalue weighted by molar-refractivity contribution is 0.179. The first-order valence-corrected chi connectivity index (χ1v) is 6.16. The van der Waals surface area contributed by atoms with Crippen LogP contribution in [0, 0.1) is 0 Å². The van der Waals surface area contributed by atoms with Crippen LogP contribution in [0.25, 0.3) is 0 Å². The SMILES string of the molecule is CCCOc1cccnc1NC(C)CC(C)O. The Morgan fingerprint density at radius 1 is 1.47 bits per heavy atom. The number of aliphatic hydroxyl groups excluding tert-OH is 1. The summed E-state index contributed by atoms with van der Waals surface area (Å²) in [5.74, 6) is 1.51. The summed E-state index contributed by atoms with van der Waals surface area (Å²) in [7, 11) is 0. The van der Waals surface area contributed by atoms with Crippen molar-refractivity contribution in [1.29, 1.82) is 0 Å². The molecule has 1 aromatic heterocycles. The molecule has 0 spiro atoms. The first-order chi connectivity index (χ1) is 8.13. The van der Waals surface area contributed by atoms with Gasteiger partial charge in [0.2, 0.25) is 0 Å². The van der Waals surface area contributed by atoms with E-state index in [1.807, 2.05) is 19.1 Å². The molecule has 4 nitrogen and oxygen atoms in total. The number of ether oxygens (including phenoxy) is 1. The average molecular weight is 238 g/mol. The first-order valence-electron chi connectivity index (χ1n) is 6.16. The highest BCUT2D eigenvalue weighted by Gasteiger charge is 2.10. The van der Waals surface area contributed by atoms with Crippen molar-refractivity contribution in [3.63, 3.8) is 0 Å². The summed E-state index contributed by atoms with van der Waals surface area (Å²) in [6, 6.07) is 3.92. The van der Waals surface area contributed by atoms with E-state index in [1.165, 1.54) is 0 Å². The van der Waals surface area contributed by atoms with Crippen LogP contribution in [0.15, 0.2) is 18.3 Å². The van der Waals surface area contributed by atoms with E-state index in [0.717, 1.165) is 18.0 Å². The van der Waals surface area contributed by atoms with Crippen molar-refractivity contribution in [2.75, 3.05) is 11.9 Å². The van der Waals surface area contributed by atoms with E-state index < -0.39 is 0 Å². The third-order valence-corrected chi connectivity index (χ3v) is 2.31. The second-order valence-corrected chi connectivity index (χ2v) is 4.33. The van der Waals surface area contributed by atoms with Crippen LogP contribution in [0.1, 0.15) is 33.6 Å². The Labute approximate surface area is 103 Å². The van der Waals surface area contributed by atoms with Crippen LogP contribution in [-0.2, 0) is 0 Å².